The van der Waals surface area contributed by atoms with Crippen LogP contribution in [0.2, 0.25) is 0 Å². The highest BCUT2D eigenvalue weighted by Gasteiger charge is 2.43. The van der Waals surface area contributed by atoms with Crippen LogP contribution in [0.15, 0.2) is 42.5 Å². The molecule has 7 nitrogen and oxygen atoms in total. The first-order valence-electron chi connectivity index (χ1n) is 11.3. The van der Waals surface area contributed by atoms with Crippen molar-refractivity contribution < 1.29 is 19.1 Å². The molecule has 0 spiro atoms. The van der Waals surface area contributed by atoms with Gasteiger partial charge in [-0.2, -0.15) is 0 Å². The summed E-state index contributed by atoms with van der Waals surface area (Å²) in [6, 6.07) is 13.5. The molecule has 0 aliphatic carbocycles. The fraction of sp³-hybridized carbons (Fsp3) is 0.440. The van der Waals surface area contributed by atoms with Gasteiger partial charge in [-0.25, -0.2) is 4.90 Å². The molecule has 32 heavy (non-hydrogen) atoms. The van der Waals surface area contributed by atoms with E-state index in [0.717, 1.165) is 44.2 Å². The van der Waals surface area contributed by atoms with Gasteiger partial charge >= 0.3 is 0 Å². The molecule has 0 saturated carbocycles. The van der Waals surface area contributed by atoms with Gasteiger partial charge in [0.1, 0.15) is 0 Å². The summed E-state index contributed by atoms with van der Waals surface area (Å²) in [4.78, 5) is 31.7. The Kier molecular flexibility index (Phi) is 5.61. The minimum atomic E-state index is -0.361. The maximum atomic E-state index is 13.1. The van der Waals surface area contributed by atoms with Gasteiger partial charge in [0.05, 0.1) is 18.2 Å². The van der Waals surface area contributed by atoms with E-state index in [1.54, 1.807) is 0 Å². The Hall–Kier alpha value is -2.90. The van der Waals surface area contributed by atoms with Crippen LogP contribution < -0.4 is 14.4 Å². The summed E-state index contributed by atoms with van der Waals surface area (Å²) in [7, 11) is 0. The van der Waals surface area contributed by atoms with E-state index in [4.69, 9.17) is 9.47 Å². The van der Waals surface area contributed by atoms with Gasteiger partial charge in [0.15, 0.2) is 11.5 Å². The van der Waals surface area contributed by atoms with E-state index < -0.39 is 0 Å². The van der Waals surface area contributed by atoms with Crippen LogP contribution in [0.5, 0.6) is 11.5 Å². The Bertz CT molecular complexity index is 1010. The predicted molar refractivity (Wildman–Crippen MR) is 121 cm³/mol. The third-order valence-corrected chi connectivity index (χ3v) is 6.63. The molecular weight excluding hydrogens is 406 g/mol. The van der Waals surface area contributed by atoms with Crippen molar-refractivity contribution in [1.29, 1.82) is 0 Å². The number of fused-ring (bicyclic) bond motifs is 1. The molecule has 0 bridgehead atoms. The number of imide groups is 1. The first-order valence-corrected chi connectivity index (χ1v) is 11.3. The number of carbonyl (C=O) groups is 2. The van der Waals surface area contributed by atoms with Gasteiger partial charge < -0.3 is 9.47 Å². The van der Waals surface area contributed by atoms with Gasteiger partial charge in [-0.15, -0.1) is 0 Å². The van der Waals surface area contributed by atoms with Crippen LogP contribution in [0, 0.1) is 0 Å². The van der Waals surface area contributed by atoms with Gasteiger partial charge in [-0.1, -0.05) is 32.0 Å². The van der Waals surface area contributed by atoms with E-state index in [1.807, 2.05) is 36.4 Å². The van der Waals surface area contributed by atoms with Crippen molar-refractivity contribution >= 4 is 17.5 Å². The lowest BCUT2D eigenvalue weighted by molar-refractivity contribution is -0.123. The second-order valence-electron chi connectivity index (χ2n) is 9.03. The third kappa shape index (κ3) is 3.98. The van der Waals surface area contributed by atoms with Crippen molar-refractivity contribution in [2.45, 2.75) is 38.8 Å². The first-order chi connectivity index (χ1) is 15.5. The number of anilines is 1. The quantitative estimate of drug-likeness (QED) is 0.673. The number of nitrogens with zero attached hydrogens (tertiary/aromatic N) is 3. The summed E-state index contributed by atoms with van der Waals surface area (Å²) in [5.41, 5.74) is 3.06. The normalized spacial score (nSPS) is 21.7. The van der Waals surface area contributed by atoms with Crippen LogP contribution in [0.4, 0.5) is 5.69 Å². The van der Waals surface area contributed by atoms with Crippen LogP contribution in [-0.4, -0.2) is 60.6 Å². The van der Waals surface area contributed by atoms with Crippen molar-refractivity contribution in [3.8, 4) is 11.5 Å². The van der Waals surface area contributed by atoms with E-state index in [1.165, 1.54) is 16.0 Å². The van der Waals surface area contributed by atoms with Crippen molar-refractivity contribution in [2.75, 3.05) is 37.9 Å². The number of rotatable bonds is 5. The SMILES string of the molecule is CC(C)c1ccc(N2C(=O)CC(N3CCN(Cc4ccc5c(c4)OCO5)CC3)C2=O)cc1. The zero-order chi connectivity index (χ0) is 22.2. The van der Waals surface area contributed by atoms with Crippen LogP contribution in [-0.2, 0) is 16.1 Å². The molecule has 5 rings (SSSR count). The highest BCUT2D eigenvalue weighted by Crippen LogP contribution is 2.33. The maximum Gasteiger partial charge on any atom is 0.251 e. The van der Waals surface area contributed by atoms with Gasteiger partial charge in [-0.3, -0.25) is 19.4 Å². The molecule has 168 valence electrons. The van der Waals surface area contributed by atoms with Gasteiger partial charge in [-0.05, 0) is 41.3 Å². The molecule has 1 atom stereocenters. The molecule has 1 unspecified atom stereocenters. The topological polar surface area (TPSA) is 62.3 Å². The summed E-state index contributed by atoms with van der Waals surface area (Å²) < 4.78 is 10.9. The van der Waals surface area contributed by atoms with Crippen molar-refractivity contribution in [2.24, 2.45) is 0 Å². The van der Waals surface area contributed by atoms with E-state index in [2.05, 4.69) is 29.7 Å². The van der Waals surface area contributed by atoms with Crippen molar-refractivity contribution in [1.82, 2.24) is 9.80 Å². The first kappa shape index (κ1) is 21.0. The second kappa shape index (κ2) is 8.56. The van der Waals surface area contributed by atoms with Crippen LogP contribution in [0.3, 0.4) is 0 Å². The number of hydrogen-bond acceptors (Lipinski definition) is 6. The Labute approximate surface area is 188 Å². The lowest BCUT2D eigenvalue weighted by Crippen LogP contribution is -2.52. The molecule has 2 aromatic rings. The molecule has 3 heterocycles. The van der Waals surface area contributed by atoms with E-state index in [9.17, 15) is 9.59 Å². The number of ether oxygens (including phenoxy) is 2. The number of carbonyl (C=O) groups excluding carboxylic acids is 2. The molecule has 2 aromatic carbocycles. The van der Waals surface area contributed by atoms with E-state index >= 15 is 0 Å². The summed E-state index contributed by atoms with van der Waals surface area (Å²) in [6.45, 7) is 8.63. The average molecular weight is 436 g/mol. The smallest absolute Gasteiger partial charge is 0.251 e. The highest BCUT2D eigenvalue weighted by atomic mass is 16.7. The highest BCUT2D eigenvalue weighted by molar-refractivity contribution is 6.22. The summed E-state index contributed by atoms with van der Waals surface area (Å²) >= 11 is 0. The van der Waals surface area contributed by atoms with Crippen LogP contribution >= 0.6 is 0 Å². The molecule has 3 aliphatic rings. The lowest BCUT2D eigenvalue weighted by atomic mass is 10.0. The lowest BCUT2D eigenvalue weighted by Gasteiger charge is -2.37. The standard InChI is InChI=1S/C25H29N3O4/c1-17(2)19-4-6-20(7-5-19)28-24(29)14-21(25(28)30)27-11-9-26(10-12-27)15-18-3-8-22-23(13-18)32-16-31-22/h3-8,13,17,21H,9-12,14-16H2,1-2H3. The summed E-state index contributed by atoms with van der Waals surface area (Å²) in [5, 5.41) is 0. The Balaban J connectivity index is 1.19. The van der Waals surface area contributed by atoms with Crippen LogP contribution in [0.1, 0.15) is 37.3 Å². The molecule has 2 fully saturated rings. The fourth-order valence-electron chi connectivity index (χ4n) is 4.71. The van der Waals surface area contributed by atoms with Gasteiger partial charge in [0.2, 0.25) is 12.7 Å². The van der Waals surface area contributed by atoms with E-state index in [-0.39, 0.29) is 31.1 Å². The number of amides is 2. The minimum Gasteiger partial charge on any atom is -0.454 e. The Morgan fingerprint density at radius 1 is 0.938 bits per heavy atom. The number of benzene rings is 2. The minimum absolute atomic E-state index is 0.100. The third-order valence-electron chi connectivity index (χ3n) is 6.63. The van der Waals surface area contributed by atoms with E-state index in [0.29, 0.717) is 11.6 Å². The van der Waals surface area contributed by atoms with Crippen molar-refractivity contribution in [3.63, 3.8) is 0 Å². The molecule has 0 aromatic heterocycles. The second-order valence-corrected chi connectivity index (χ2v) is 9.03. The number of piperazine rings is 1. The number of hydrogen-bond donors (Lipinski definition) is 0. The predicted octanol–water partition coefficient (Wildman–Crippen LogP) is 2.99. The van der Waals surface area contributed by atoms with Gasteiger partial charge in [0.25, 0.3) is 5.91 Å². The molecule has 7 heteroatoms. The maximum absolute atomic E-state index is 13.1. The monoisotopic (exact) mass is 435 g/mol. The molecule has 2 saturated heterocycles. The van der Waals surface area contributed by atoms with Gasteiger partial charge in [0, 0.05) is 32.7 Å². The molecule has 2 amide bonds. The molecule has 0 N–H and O–H groups in total. The summed E-state index contributed by atoms with van der Waals surface area (Å²) in [5.74, 6) is 1.80. The average Bonchev–Trinajstić information content (AvgIpc) is 3.38. The Morgan fingerprint density at radius 2 is 1.66 bits per heavy atom. The van der Waals surface area contributed by atoms with Crippen LogP contribution in [0.25, 0.3) is 0 Å². The fourth-order valence-corrected chi connectivity index (χ4v) is 4.71. The molecule has 0 radical (unpaired) electrons. The molecular formula is C25H29N3O4. The summed E-state index contributed by atoms with van der Waals surface area (Å²) in [6.07, 6.45) is 0.257. The zero-order valence-electron chi connectivity index (χ0n) is 18.6. The Morgan fingerprint density at radius 3 is 2.38 bits per heavy atom. The zero-order valence-corrected chi connectivity index (χ0v) is 18.6. The largest absolute Gasteiger partial charge is 0.454 e. The molecule has 3 aliphatic heterocycles. The van der Waals surface area contributed by atoms with Crippen molar-refractivity contribution in [3.05, 3.63) is 53.6 Å².